The summed E-state index contributed by atoms with van der Waals surface area (Å²) in [6.07, 6.45) is 4.70. The van der Waals surface area contributed by atoms with Crippen molar-refractivity contribution in [3.05, 3.63) is 72.4 Å². The number of carbonyl (C=O) groups excluding carboxylic acids is 1. The zero-order valence-electron chi connectivity index (χ0n) is 13.3. The predicted molar refractivity (Wildman–Crippen MR) is 88.8 cm³/mol. The van der Waals surface area contributed by atoms with Gasteiger partial charge >= 0.3 is 0 Å². The molecule has 0 saturated heterocycles. The number of carbonyl (C=O) groups is 1. The van der Waals surface area contributed by atoms with E-state index in [2.05, 4.69) is 10.4 Å². The van der Waals surface area contributed by atoms with Crippen LogP contribution in [0, 0.1) is 0 Å². The molecule has 2 aromatic heterocycles. The Balaban J connectivity index is 1.58. The summed E-state index contributed by atoms with van der Waals surface area (Å²) in [5.74, 6) is 0.320. The van der Waals surface area contributed by atoms with Gasteiger partial charge in [0.1, 0.15) is 11.9 Å². The molecule has 0 spiro atoms. The quantitative estimate of drug-likeness (QED) is 0.730. The van der Waals surface area contributed by atoms with Crippen LogP contribution in [-0.2, 0) is 0 Å². The Morgan fingerprint density at radius 2 is 2.08 bits per heavy atom. The Hall–Kier alpha value is -2.86. The van der Waals surface area contributed by atoms with E-state index in [1.54, 1.807) is 35.1 Å². The van der Waals surface area contributed by atoms with Gasteiger partial charge in [-0.1, -0.05) is 0 Å². The fourth-order valence-corrected chi connectivity index (χ4v) is 2.49. The van der Waals surface area contributed by atoms with E-state index in [0.717, 1.165) is 5.69 Å². The largest absolute Gasteiger partial charge is 0.467 e. The SMILES string of the molecule is CC(CC(O)c1ccco1)NC(=O)c1ccc(-n2cccn2)cc1. The second-order valence-corrected chi connectivity index (χ2v) is 5.64. The van der Waals surface area contributed by atoms with Crippen LogP contribution in [-0.4, -0.2) is 26.8 Å². The molecule has 6 nitrogen and oxygen atoms in total. The van der Waals surface area contributed by atoms with Gasteiger partial charge in [-0.3, -0.25) is 4.79 Å². The predicted octanol–water partition coefficient (Wildman–Crippen LogP) is 2.71. The maximum absolute atomic E-state index is 12.3. The molecule has 0 saturated carbocycles. The number of nitrogens with one attached hydrogen (secondary N) is 1. The van der Waals surface area contributed by atoms with E-state index in [1.165, 1.54) is 6.26 Å². The topological polar surface area (TPSA) is 80.3 Å². The lowest BCUT2D eigenvalue weighted by atomic mass is 10.1. The number of hydrogen-bond acceptors (Lipinski definition) is 4. The van der Waals surface area contributed by atoms with Crippen LogP contribution in [0.4, 0.5) is 0 Å². The van der Waals surface area contributed by atoms with Gasteiger partial charge in [-0.25, -0.2) is 4.68 Å². The van der Waals surface area contributed by atoms with Gasteiger partial charge in [0.05, 0.1) is 12.0 Å². The van der Waals surface area contributed by atoms with Crippen molar-refractivity contribution in [2.75, 3.05) is 0 Å². The first-order chi connectivity index (χ1) is 11.6. The van der Waals surface area contributed by atoms with Crippen molar-refractivity contribution < 1.29 is 14.3 Å². The Kier molecular flexibility index (Phi) is 4.77. The van der Waals surface area contributed by atoms with Crippen molar-refractivity contribution in [3.8, 4) is 5.69 Å². The summed E-state index contributed by atoms with van der Waals surface area (Å²) in [4.78, 5) is 12.3. The van der Waals surface area contributed by atoms with Gasteiger partial charge in [0.15, 0.2) is 0 Å². The Morgan fingerprint density at radius 3 is 2.71 bits per heavy atom. The van der Waals surface area contributed by atoms with Gasteiger partial charge in [0, 0.05) is 30.4 Å². The van der Waals surface area contributed by atoms with Crippen molar-refractivity contribution in [2.45, 2.75) is 25.5 Å². The monoisotopic (exact) mass is 325 g/mol. The van der Waals surface area contributed by atoms with E-state index in [0.29, 0.717) is 17.7 Å². The lowest BCUT2D eigenvalue weighted by Crippen LogP contribution is -2.33. The first-order valence-electron chi connectivity index (χ1n) is 7.76. The van der Waals surface area contributed by atoms with Gasteiger partial charge in [0.25, 0.3) is 5.91 Å². The van der Waals surface area contributed by atoms with Crippen LogP contribution in [0.5, 0.6) is 0 Å². The highest BCUT2D eigenvalue weighted by Gasteiger charge is 2.17. The molecule has 2 unspecified atom stereocenters. The Bertz CT molecular complexity index is 764. The van der Waals surface area contributed by atoms with Crippen molar-refractivity contribution in [1.82, 2.24) is 15.1 Å². The molecule has 3 aromatic rings. The minimum absolute atomic E-state index is 0.179. The summed E-state index contributed by atoms with van der Waals surface area (Å²) < 4.78 is 6.89. The van der Waals surface area contributed by atoms with Crippen molar-refractivity contribution in [1.29, 1.82) is 0 Å². The second kappa shape index (κ2) is 7.14. The molecule has 0 fully saturated rings. The number of aliphatic hydroxyl groups excluding tert-OH is 1. The standard InChI is InChI=1S/C18H19N3O3/c1-13(12-16(22)17-4-2-11-24-17)20-18(23)14-5-7-15(8-6-14)21-10-3-9-19-21/h2-11,13,16,22H,12H2,1H3,(H,20,23). The lowest BCUT2D eigenvalue weighted by Gasteiger charge is -2.17. The molecule has 2 heterocycles. The Labute approximate surface area is 139 Å². The summed E-state index contributed by atoms with van der Waals surface area (Å²) in [6.45, 7) is 1.85. The fourth-order valence-electron chi connectivity index (χ4n) is 2.49. The van der Waals surface area contributed by atoms with Crippen LogP contribution in [0.1, 0.15) is 35.6 Å². The van der Waals surface area contributed by atoms with Crippen LogP contribution >= 0.6 is 0 Å². The molecule has 1 amide bonds. The maximum atomic E-state index is 12.3. The first-order valence-corrected chi connectivity index (χ1v) is 7.76. The van der Waals surface area contributed by atoms with Gasteiger partial charge in [-0.05, 0) is 49.4 Å². The number of hydrogen-bond donors (Lipinski definition) is 2. The molecule has 2 N–H and O–H groups in total. The molecule has 0 aliphatic rings. The lowest BCUT2D eigenvalue weighted by molar-refractivity contribution is 0.0903. The van der Waals surface area contributed by atoms with E-state index >= 15 is 0 Å². The summed E-state index contributed by atoms with van der Waals surface area (Å²) in [7, 11) is 0. The molecule has 2 atom stereocenters. The number of aliphatic hydroxyl groups is 1. The molecule has 6 heteroatoms. The molecule has 124 valence electrons. The minimum Gasteiger partial charge on any atom is -0.467 e. The number of amides is 1. The normalized spacial score (nSPS) is 13.4. The van der Waals surface area contributed by atoms with Crippen LogP contribution in [0.15, 0.2) is 65.5 Å². The Morgan fingerprint density at radius 1 is 1.29 bits per heavy atom. The van der Waals surface area contributed by atoms with Crippen LogP contribution < -0.4 is 5.32 Å². The second-order valence-electron chi connectivity index (χ2n) is 5.64. The number of aromatic nitrogens is 2. The highest BCUT2D eigenvalue weighted by Crippen LogP contribution is 2.18. The molecule has 24 heavy (non-hydrogen) atoms. The molecular formula is C18H19N3O3. The van der Waals surface area contributed by atoms with E-state index < -0.39 is 6.10 Å². The van der Waals surface area contributed by atoms with Crippen LogP contribution in [0.3, 0.4) is 0 Å². The molecular weight excluding hydrogens is 306 g/mol. The van der Waals surface area contributed by atoms with E-state index in [1.807, 2.05) is 31.3 Å². The third-order valence-corrected chi connectivity index (χ3v) is 3.72. The number of benzene rings is 1. The highest BCUT2D eigenvalue weighted by molar-refractivity contribution is 5.94. The van der Waals surface area contributed by atoms with Gasteiger partial charge in [-0.2, -0.15) is 5.10 Å². The third kappa shape index (κ3) is 3.72. The zero-order valence-corrected chi connectivity index (χ0v) is 13.3. The number of nitrogens with zero attached hydrogens (tertiary/aromatic N) is 2. The molecule has 0 aliphatic heterocycles. The smallest absolute Gasteiger partial charge is 0.251 e. The summed E-state index contributed by atoms with van der Waals surface area (Å²) in [5.41, 5.74) is 1.45. The molecule has 0 aliphatic carbocycles. The van der Waals surface area contributed by atoms with Gasteiger partial charge < -0.3 is 14.8 Å². The molecule has 3 rings (SSSR count). The third-order valence-electron chi connectivity index (χ3n) is 3.72. The maximum Gasteiger partial charge on any atom is 0.251 e. The summed E-state index contributed by atoms with van der Waals surface area (Å²) in [6, 6.07) is 12.3. The van der Waals surface area contributed by atoms with E-state index in [4.69, 9.17) is 4.42 Å². The average molecular weight is 325 g/mol. The summed E-state index contributed by atoms with van der Waals surface area (Å²) >= 11 is 0. The number of rotatable bonds is 6. The van der Waals surface area contributed by atoms with E-state index in [-0.39, 0.29) is 11.9 Å². The van der Waals surface area contributed by atoms with Crippen molar-refractivity contribution in [3.63, 3.8) is 0 Å². The molecule has 0 bridgehead atoms. The molecule has 1 aromatic carbocycles. The van der Waals surface area contributed by atoms with Gasteiger partial charge in [-0.15, -0.1) is 0 Å². The average Bonchev–Trinajstić information content (AvgIpc) is 3.28. The number of furan rings is 1. The molecule has 0 radical (unpaired) electrons. The first kappa shape index (κ1) is 16.0. The zero-order chi connectivity index (χ0) is 16.9. The minimum atomic E-state index is -0.738. The summed E-state index contributed by atoms with van der Waals surface area (Å²) in [5, 5.41) is 17.1. The van der Waals surface area contributed by atoms with E-state index in [9.17, 15) is 9.90 Å². The van der Waals surface area contributed by atoms with Crippen LogP contribution in [0.2, 0.25) is 0 Å². The van der Waals surface area contributed by atoms with Crippen molar-refractivity contribution in [2.24, 2.45) is 0 Å². The van der Waals surface area contributed by atoms with Crippen LogP contribution in [0.25, 0.3) is 5.69 Å². The fraction of sp³-hybridized carbons (Fsp3) is 0.222. The van der Waals surface area contributed by atoms with Gasteiger partial charge in [0.2, 0.25) is 0 Å². The highest BCUT2D eigenvalue weighted by atomic mass is 16.4. The van der Waals surface area contributed by atoms with Crippen molar-refractivity contribution >= 4 is 5.91 Å².